The van der Waals surface area contributed by atoms with Crippen LogP contribution in [-0.4, -0.2) is 19.5 Å². The lowest BCUT2D eigenvalue weighted by molar-refractivity contribution is 0.0982. The highest BCUT2D eigenvalue weighted by Crippen LogP contribution is 2.31. The smallest absolute Gasteiger partial charge is 0.260 e. The summed E-state index contributed by atoms with van der Waals surface area (Å²) in [7, 11) is 1.85. The van der Waals surface area contributed by atoms with Crippen molar-refractivity contribution in [2.45, 2.75) is 13.3 Å². The highest BCUT2D eigenvalue weighted by atomic mass is 16.2. The summed E-state index contributed by atoms with van der Waals surface area (Å²) in [6.45, 7) is 2.97. The largest absolute Gasteiger partial charge is 0.387 e. The minimum Gasteiger partial charge on any atom is -0.387 e. The number of nitrogens with one attached hydrogen (secondary N) is 1. The molecule has 1 aliphatic rings. The van der Waals surface area contributed by atoms with Gasteiger partial charge >= 0.3 is 0 Å². The standard InChI is InChI=1S/C18H20N2O/c1-13-11-14-7-3-6-10-17(14)20(12-13)18(21)15-8-4-5-9-16(15)19-2/h3-10,13,19H,11-12H2,1-2H3. The highest BCUT2D eigenvalue weighted by Gasteiger charge is 2.27. The first-order chi connectivity index (χ1) is 10.2. The first-order valence-corrected chi connectivity index (χ1v) is 7.37. The fourth-order valence-corrected chi connectivity index (χ4v) is 3.02. The molecular formula is C18H20N2O. The van der Waals surface area contributed by atoms with E-state index in [0.29, 0.717) is 5.92 Å². The third-order valence-corrected chi connectivity index (χ3v) is 4.02. The topological polar surface area (TPSA) is 32.3 Å². The Hall–Kier alpha value is -2.29. The molecule has 1 heterocycles. The molecule has 2 aromatic rings. The van der Waals surface area contributed by atoms with Crippen LogP contribution in [0.25, 0.3) is 0 Å². The van der Waals surface area contributed by atoms with Gasteiger partial charge < -0.3 is 10.2 Å². The molecular weight excluding hydrogens is 260 g/mol. The zero-order valence-corrected chi connectivity index (χ0v) is 12.5. The Labute approximate surface area is 125 Å². The van der Waals surface area contributed by atoms with Gasteiger partial charge in [0.15, 0.2) is 0 Å². The van der Waals surface area contributed by atoms with E-state index >= 15 is 0 Å². The SMILES string of the molecule is CNc1ccccc1C(=O)N1CC(C)Cc2ccccc21. The molecule has 3 rings (SSSR count). The summed E-state index contributed by atoms with van der Waals surface area (Å²) in [6.07, 6.45) is 1.04. The summed E-state index contributed by atoms with van der Waals surface area (Å²) in [5.41, 5.74) is 3.90. The van der Waals surface area contributed by atoms with Crippen molar-refractivity contribution in [2.24, 2.45) is 5.92 Å². The van der Waals surface area contributed by atoms with Crippen LogP contribution in [0.15, 0.2) is 48.5 Å². The molecule has 108 valence electrons. The molecule has 0 fully saturated rings. The minimum atomic E-state index is 0.0685. The molecule has 0 aliphatic carbocycles. The number of anilines is 2. The van der Waals surface area contributed by atoms with Crippen LogP contribution in [0.2, 0.25) is 0 Å². The van der Waals surface area contributed by atoms with Crippen LogP contribution in [-0.2, 0) is 6.42 Å². The van der Waals surface area contributed by atoms with E-state index < -0.39 is 0 Å². The molecule has 0 radical (unpaired) electrons. The van der Waals surface area contributed by atoms with Crippen molar-refractivity contribution in [1.29, 1.82) is 0 Å². The summed E-state index contributed by atoms with van der Waals surface area (Å²) in [6, 6.07) is 15.9. The number of hydrogen-bond acceptors (Lipinski definition) is 2. The van der Waals surface area contributed by atoms with Crippen molar-refractivity contribution >= 4 is 17.3 Å². The average Bonchev–Trinajstić information content (AvgIpc) is 2.53. The number of carbonyl (C=O) groups is 1. The summed E-state index contributed by atoms with van der Waals surface area (Å²) >= 11 is 0. The van der Waals surface area contributed by atoms with E-state index in [0.717, 1.165) is 29.9 Å². The van der Waals surface area contributed by atoms with Gasteiger partial charge in [-0.3, -0.25) is 4.79 Å². The van der Waals surface area contributed by atoms with Gasteiger partial charge in [-0.15, -0.1) is 0 Å². The van der Waals surface area contributed by atoms with Gasteiger partial charge in [0.1, 0.15) is 0 Å². The molecule has 1 unspecified atom stereocenters. The van der Waals surface area contributed by atoms with E-state index in [1.54, 1.807) is 0 Å². The Morgan fingerprint density at radius 2 is 1.86 bits per heavy atom. The lowest BCUT2D eigenvalue weighted by Crippen LogP contribution is -2.39. The summed E-state index contributed by atoms with van der Waals surface area (Å²) in [5, 5.41) is 3.10. The molecule has 0 saturated carbocycles. The van der Waals surface area contributed by atoms with E-state index in [1.807, 2.05) is 54.4 Å². The average molecular weight is 280 g/mol. The fraction of sp³-hybridized carbons (Fsp3) is 0.278. The number of amides is 1. The maximum Gasteiger partial charge on any atom is 0.260 e. The molecule has 0 saturated heterocycles. The molecule has 1 aliphatic heterocycles. The molecule has 0 bridgehead atoms. The van der Waals surface area contributed by atoms with E-state index in [4.69, 9.17) is 0 Å². The Kier molecular flexibility index (Phi) is 3.65. The van der Waals surface area contributed by atoms with Crippen molar-refractivity contribution in [2.75, 3.05) is 23.8 Å². The van der Waals surface area contributed by atoms with Crippen molar-refractivity contribution in [3.8, 4) is 0 Å². The van der Waals surface area contributed by atoms with Crippen molar-refractivity contribution < 1.29 is 4.79 Å². The maximum absolute atomic E-state index is 13.0. The van der Waals surface area contributed by atoms with Crippen LogP contribution in [0.3, 0.4) is 0 Å². The third-order valence-electron chi connectivity index (χ3n) is 4.02. The fourth-order valence-electron chi connectivity index (χ4n) is 3.02. The second-order valence-electron chi connectivity index (χ2n) is 5.65. The molecule has 3 heteroatoms. The van der Waals surface area contributed by atoms with Crippen molar-refractivity contribution in [3.05, 3.63) is 59.7 Å². The number of hydrogen-bond donors (Lipinski definition) is 1. The molecule has 1 amide bonds. The van der Waals surface area contributed by atoms with Gasteiger partial charge in [-0.2, -0.15) is 0 Å². The second-order valence-corrected chi connectivity index (χ2v) is 5.65. The summed E-state index contributed by atoms with van der Waals surface area (Å²) < 4.78 is 0. The molecule has 21 heavy (non-hydrogen) atoms. The molecule has 1 N–H and O–H groups in total. The maximum atomic E-state index is 13.0. The highest BCUT2D eigenvalue weighted by molar-refractivity contribution is 6.10. The van der Waals surface area contributed by atoms with E-state index in [1.165, 1.54) is 5.56 Å². The lowest BCUT2D eigenvalue weighted by Gasteiger charge is -2.33. The van der Waals surface area contributed by atoms with Crippen LogP contribution >= 0.6 is 0 Å². The molecule has 2 aromatic carbocycles. The summed E-state index contributed by atoms with van der Waals surface area (Å²) in [5.74, 6) is 0.546. The van der Waals surface area contributed by atoms with Crippen LogP contribution in [0.4, 0.5) is 11.4 Å². The van der Waals surface area contributed by atoms with Gasteiger partial charge in [-0.05, 0) is 36.1 Å². The molecule has 0 aromatic heterocycles. The van der Waals surface area contributed by atoms with Crippen molar-refractivity contribution in [1.82, 2.24) is 0 Å². The normalized spacial score (nSPS) is 17.2. The third kappa shape index (κ3) is 2.51. The number of carbonyl (C=O) groups excluding carboxylic acids is 1. The van der Waals surface area contributed by atoms with E-state index in [9.17, 15) is 4.79 Å². The van der Waals surface area contributed by atoms with Gasteiger partial charge in [-0.25, -0.2) is 0 Å². The van der Waals surface area contributed by atoms with Crippen LogP contribution in [0, 0.1) is 5.92 Å². The Morgan fingerprint density at radius 3 is 2.67 bits per heavy atom. The Balaban J connectivity index is 2.02. The first kappa shape index (κ1) is 13.7. The molecule has 1 atom stereocenters. The molecule has 3 nitrogen and oxygen atoms in total. The Bertz CT molecular complexity index is 666. The van der Waals surface area contributed by atoms with Crippen LogP contribution < -0.4 is 10.2 Å². The first-order valence-electron chi connectivity index (χ1n) is 7.37. The Morgan fingerprint density at radius 1 is 1.14 bits per heavy atom. The van der Waals surface area contributed by atoms with Crippen molar-refractivity contribution in [3.63, 3.8) is 0 Å². The lowest BCUT2D eigenvalue weighted by atomic mass is 9.93. The van der Waals surface area contributed by atoms with E-state index in [2.05, 4.69) is 18.3 Å². The predicted molar refractivity (Wildman–Crippen MR) is 87.0 cm³/mol. The van der Waals surface area contributed by atoms with Gasteiger partial charge in [0, 0.05) is 25.0 Å². The number of benzene rings is 2. The summed E-state index contributed by atoms with van der Waals surface area (Å²) in [4.78, 5) is 14.9. The zero-order chi connectivity index (χ0) is 14.8. The van der Waals surface area contributed by atoms with E-state index in [-0.39, 0.29) is 5.91 Å². The second kappa shape index (κ2) is 5.60. The van der Waals surface area contributed by atoms with Gasteiger partial charge in [0.05, 0.1) is 5.56 Å². The number of para-hydroxylation sites is 2. The number of nitrogens with zero attached hydrogens (tertiary/aromatic N) is 1. The number of fused-ring (bicyclic) bond motifs is 1. The minimum absolute atomic E-state index is 0.0685. The number of rotatable bonds is 2. The molecule has 0 spiro atoms. The van der Waals surface area contributed by atoms with Gasteiger partial charge in [0.25, 0.3) is 5.91 Å². The monoisotopic (exact) mass is 280 g/mol. The van der Waals surface area contributed by atoms with Crippen LogP contribution in [0.1, 0.15) is 22.8 Å². The predicted octanol–water partition coefficient (Wildman–Crippen LogP) is 3.57. The zero-order valence-electron chi connectivity index (χ0n) is 12.5. The quantitative estimate of drug-likeness (QED) is 0.912. The van der Waals surface area contributed by atoms with Crippen LogP contribution in [0.5, 0.6) is 0 Å². The van der Waals surface area contributed by atoms with Gasteiger partial charge in [-0.1, -0.05) is 37.3 Å². The van der Waals surface area contributed by atoms with Gasteiger partial charge in [0.2, 0.25) is 0 Å².